The standard InChI is InChI=1S/C21H27N3O3/c1-4-16-8-10-17(11-9-16)23-20(25)13-22-18-6-5-7-19(12-18)24-21(26)27-14-15(2)3/h5-12,15,22H,4,13-14H2,1-3H3,(H,23,25)(H,24,26). The fourth-order valence-electron chi connectivity index (χ4n) is 2.31. The Bertz CT molecular complexity index is 758. The highest BCUT2D eigenvalue weighted by atomic mass is 16.5. The molecule has 2 amide bonds. The summed E-state index contributed by atoms with van der Waals surface area (Å²) < 4.78 is 5.09. The summed E-state index contributed by atoms with van der Waals surface area (Å²) in [6.07, 6.45) is 0.472. The van der Waals surface area contributed by atoms with Crippen molar-refractivity contribution in [2.24, 2.45) is 5.92 Å². The molecule has 0 aliphatic carbocycles. The SMILES string of the molecule is CCc1ccc(NC(=O)CNc2cccc(NC(=O)OCC(C)C)c2)cc1. The molecule has 2 rings (SSSR count). The van der Waals surface area contributed by atoms with Crippen LogP contribution in [-0.4, -0.2) is 25.2 Å². The van der Waals surface area contributed by atoms with Gasteiger partial charge in [-0.15, -0.1) is 0 Å². The molecule has 6 heteroatoms. The average Bonchev–Trinajstić information content (AvgIpc) is 2.66. The fourth-order valence-corrected chi connectivity index (χ4v) is 2.31. The van der Waals surface area contributed by atoms with E-state index in [2.05, 4.69) is 22.9 Å². The molecular formula is C21H27N3O3. The van der Waals surface area contributed by atoms with Gasteiger partial charge in [-0.3, -0.25) is 10.1 Å². The lowest BCUT2D eigenvalue weighted by Crippen LogP contribution is -2.22. The van der Waals surface area contributed by atoms with Gasteiger partial charge in [-0.1, -0.05) is 39.0 Å². The highest BCUT2D eigenvalue weighted by Crippen LogP contribution is 2.15. The van der Waals surface area contributed by atoms with E-state index in [1.54, 1.807) is 18.2 Å². The van der Waals surface area contributed by atoms with E-state index in [9.17, 15) is 9.59 Å². The van der Waals surface area contributed by atoms with Crippen molar-refractivity contribution in [3.63, 3.8) is 0 Å². The maximum atomic E-state index is 12.1. The third-order valence-electron chi connectivity index (χ3n) is 3.76. The number of anilines is 3. The van der Waals surface area contributed by atoms with Crippen molar-refractivity contribution in [1.82, 2.24) is 0 Å². The quantitative estimate of drug-likeness (QED) is 0.640. The Kier molecular flexibility index (Phi) is 7.67. The second-order valence-electron chi connectivity index (χ2n) is 6.65. The summed E-state index contributed by atoms with van der Waals surface area (Å²) in [4.78, 5) is 23.8. The minimum atomic E-state index is -0.492. The summed E-state index contributed by atoms with van der Waals surface area (Å²) in [7, 11) is 0. The van der Waals surface area contributed by atoms with Gasteiger partial charge < -0.3 is 15.4 Å². The van der Waals surface area contributed by atoms with E-state index in [1.165, 1.54) is 5.56 Å². The van der Waals surface area contributed by atoms with Gasteiger partial charge in [0, 0.05) is 17.1 Å². The monoisotopic (exact) mass is 369 g/mol. The number of amides is 2. The number of nitrogens with one attached hydrogen (secondary N) is 3. The largest absolute Gasteiger partial charge is 0.449 e. The molecule has 0 spiro atoms. The van der Waals surface area contributed by atoms with Crippen LogP contribution < -0.4 is 16.0 Å². The predicted molar refractivity (Wildman–Crippen MR) is 109 cm³/mol. The first-order chi connectivity index (χ1) is 13.0. The topological polar surface area (TPSA) is 79.5 Å². The van der Waals surface area contributed by atoms with Crippen molar-refractivity contribution in [3.05, 3.63) is 54.1 Å². The zero-order chi connectivity index (χ0) is 19.6. The molecule has 0 radical (unpaired) electrons. The lowest BCUT2D eigenvalue weighted by molar-refractivity contribution is -0.114. The third kappa shape index (κ3) is 7.40. The van der Waals surface area contributed by atoms with Crippen LogP contribution in [0, 0.1) is 5.92 Å². The van der Waals surface area contributed by atoms with Crippen LogP contribution in [0.4, 0.5) is 21.9 Å². The highest BCUT2D eigenvalue weighted by Gasteiger charge is 2.06. The van der Waals surface area contributed by atoms with Crippen LogP contribution in [0.1, 0.15) is 26.3 Å². The molecular weight excluding hydrogens is 342 g/mol. The van der Waals surface area contributed by atoms with E-state index in [0.717, 1.165) is 17.8 Å². The van der Waals surface area contributed by atoms with Crippen molar-refractivity contribution < 1.29 is 14.3 Å². The van der Waals surface area contributed by atoms with Crippen LogP contribution in [0.3, 0.4) is 0 Å². The summed E-state index contributed by atoms with van der Waals surface area (Å²) in [6, 6.07) is 14.9. The molecule has 2 aromatic carbocycles. The molecule has 0 bridgehead atoms. The van der Waals surface area contributed by atoms with E-state index < -0.39 is 6.09 Å². The molecule has 0 aliphatic rings. The molecule has 2 aromatic rings. The molecule has 144 valence electrons. The fraction of sp³-hybridized carbons (Fsp3) is 0.333. The van der Waals surface area contributed by atoms with E-state index in [1.807, 2.05) is 44.2 Å². The molecule has 0 aliphatic heterocycles. The lowest BCUT2D eigenvalue weighted by atomic mass is 10.1. The molecule has 0 unspecified atom stereocenters. The number of carbonyl (C=O) groups is 2. The summed E-state index contributed by atoms with van der Waals surface area (Å²) in [5.41, 5.74) is 3.32. The number of carbonyl (C=O) groups excluding carboxylic acids is 2. The molecule has 0 aromatic heterocycles. The predicted octanol–water partition coefficient (Wildman–Crippen LogP) is 4.50. The maximum Gasteiger partial charge on any atom is 0.411 e. The Morgan fingerprint density at radius 3 is 2.33 bits per heavy atom. The first-order valence-electron chi connectivity index (χ1n) is 9.12. The van der Waals surface area contributed by atoms with Gasteiger partial charge in [0.05, 0.1) is 13.2 Å². The number of hydrogen-bond donors (Lipinski definition) is 3. The number of aryl methyl sites for hydroxylation is 1. The molecule has 0 fully saturated rings. The van der Waals surface area contributed by atoms with Crippen LogP contribution in [0.5, 0.6) is 0 Å². The third-order valence-corrected chi connectivity index (χ3v) is 3.76. The smallest absolute Gasteiger partial charge is 0.411 e. The lowest BCUT2D eigenvalue weighted by Gasteiger charge is -2.11. The number of ether oxygens (including phenoxy) is 1. The number of benzene rings is 2. The molecule has 0 saturated heterocycles. The summed E-state index contributed by atoms with van der Waals surface area (Å²) >= 11 is 0. The Labute approximate surface area is 160 Å². The zero-order valence-corrected chi connectivity index (χ0v) is 16.0. The molecule has 0 saturated carbocycles. The van der Waals surface area contributed by atoms with Crippen molar-refractivity contribution in [2.45, 2.75) is 27.2 Å². The van der Waals surface area contributed by atoms with Gasteiger partial charge in [0.25, 0.3) is 0 Å². The molecule has 27 heavy (non-hydrogen) atoms. The molecule has 6 nitrogen and oxygen atoms in total. The highest BCUT2D eigenvalue weighted by molar-refractivity contribution is 5.94. The van der Waals surface area contributed by atoms with Crippen LogP contribution in [0.2, 0.25) is 0 Å². The van der Waals surface area contributed by atoms with Gasteiger partial charge >= 0.3 is 6.09 Å². The van der Waals surface area contributed by atoms with E-state index >= 15 is 0 Å². The van der Waals surface area contributed by atoms with Crippen LogP contribution in [-0.2, 0) is 16.0 Å². The Balaban J connectivity index is 1.82. The first-order valence-corrected chi connectivity index (χ1v) is 9.12. The van der Waals surface area contributed by atoms with Gasteiger partial charge in [0.2, 0.25) is 5.91 Å². The molecule has 3 N–H and O–H groups in total. The Morgan fingerprint density at radius 1 is 0.963 bits per heavy atom. The molecule has 0 atom stereocenters. The normalized spacial score (nSPS) is 10.4. The van der Waals surface area contributed by atoms with Crippen LogP contribution in [0.15, 0.2) is 48.5 Å². The van der Waals surface area contributed by atoms with E-state index in [0.29, 0.717) is 12.3 Å². The average molecular weight is 369 g/mol. The summed E-state index contributed by atoms with van der Waals surface area (Å²) in [5.74, 6) is 0.134. The van der Waals surface area contributed by atoms with Gasteiger partial charge in [0.15, 0.2) is 0 Å². The Hall–Kier alpha value is -3.02. The van der Waals surface area contributed by atoms with Crippen molar-refractivity contribution in [2.75, 3.05) is 29.1 Å². The minimum absolute atomic E-state index is 0.122. The van der Waals surface area contributed by atoms with Gasteiger partial charge in [0.1, 0.15) is 0 Å². The second kappa shape index (κ2) is 10.2. The zero-order valence-electron chi connectivity index (χ0n) is 16.0. The Morgan fingerprint density at radius 2 is 1.67 bits per heavy atom. The van der Waals surface area contributed by atoms with Gasteiger partial charge in [-0.05, 0) is 48.2 Å². The van der Waals surface area contributed by atoms with Gasteiger partial charge in [-0.25, -0.2) is 4.79 Å². The second-order valence-corrected chi connectivity index (χ2v) is 6.65. The van der Waals surface area contributed by atoms with Crippen molar-refractivity contribution in [1.29, 1.82) is 0 Å². The van der Waals surface area contributed by atoms with E-state index in [4.69, 9.17) is 4.74 Å². The first kappa shape index (κ1) is 20.3. The maximum absolute atomic E-state index is 12.1. The van der Waals surface area contributed by atoms with E-state index in [-0.39, 0.29) is 18.4 Å². The number of rotatable bonds is 8. The number of hydrogen-bond acceptors (Lipinski definition) is 4. The van der Waals surface area contributed by atoms with Crippen LogP contribution in [0.25, 0.3) is 0 Å². The van der Waals surface area contributed by atoms with Crippen molar-refractivity contribution >= 4 is 29.1 Å². The minimum Gasteiger partial charge on any atom is -0.449 e. The molecule has 0 heterocycles. The summed E-state index contributed by atoms with van der Waals surface area (Å²) in [6.45, 7) is 6.52. The van der Waals surface area contributed by atoms with Gasteiger partial charge in [-0.2, -0.15) is 0 Å². The van der Waals surface area contributed by atoms with Crippen LogP contribution >= 0.6 is 0 Å². The van der Waals surface area contributed by atoms with Crippen molar-refractivity contribution in [3.8, 4) is 0 Å². The summed E-state index contributed by atoms with van der Waals surface area (Å²) in [5, 5.41) is 8.57.